The van der Waals surface area contributed by atoms with Gasteiger partial charge in [0.15, 0.2) is 0 Å². The van der Waals surface area contributed by atoms with E-state index in [1.807, 2.05) is 0 Å². The second kappa shape index (κ2) is 7.46. The van der Waals surface area contributed by atoms with Crippen molar-refractivity contribution in [2.24, 2.45) is 5.92 Å². The molecule has 106 valence electrons. The van der Waals surface area contributed by atoms with Gasteiger partial charge in [-0.25, -0.2) is 0 Å². The fourth-order valence-electron chi connectivity index (χ4n) is 3.66. The van der Waals surface area contributed by atoms with Crippen LogP contribution in [0.3, 0.4) is 0 Å². The largest absolute Gasteiger partial charge is 0.385 e. The lowest BCUT2D eigenvalue weighted by molar-refractivity contribution is 0.177. The summed E-state index contributed by atoms with van der Waals surface area (Å²) in [4.78, 5) is 0. The lowest BCUT2D eigenvalue weighted by Crippen LogP contribution is -2.48. The molecule has 2 fully saturated rings. The molecule has 0 spiro atoms. The molecule has 1 saturated heterocycles. The van der Waals surface area contributed by atoms with Crippen LogP contribution in [0.1, 0.15) is 51.9 Å². The Kier molecular flexibility index (Phi) is 5.93. The molecule has 0 aromatic heterocycles. The monoisotopic (exact) mass is 254 g/mol. The van der Waals surface area contributed by atoms with Crippen LogP contribution in [0.4, 0.5) is 0 Å². The van der Waals surface area contributed by atoms with Crippen molar-refractivity contribution in [3.8, 4) is 0 Å². The van der Waals surface area contributed by atoms with E-state index >= 15 is 0 Å². The normalized spacial score (nSPS) is 34.7. The Morgan fingerprint density at radius 1 is 1.22 bits per heavy atom. The maximum atomic E-state index is 5.17. The van der Waals surface area contributed by atoms with Gasteiger partial charge in [-0.15, -0.1) is 0 Å². The zero-order chi connectivity index (χ0) is 12.8. The molecule has 0 aromatic rings. The lowest BCUT2D eigenvalue weighted by Gasteiger charge is -2.34. The van der Waals surface area contributed by atoms with E-state index in [-0.39, 0.29) is 0 Å². The standard InChI is InChI=1S/C15H30N2O/c1-12(9-11-18-2)17-15-8-5-6-13(15)14-7-3-4-10-16-14/h12-17H,3-11H2,1-2H3. The molecule has 3 heteroatoms. The maximum Gasteiger partial charge on any atom is 0.0476 e. The van der Waals surface area contributed by atoms with E-state index in [0.29, 0.717) is 6.04 Å². The van der Waals surface area contributed by atoms with Crippen LogP contribution in [0, 0.1) is 5.92 Å². The first kappa shape index (κ1) is 14.3. The van der Waals surface area contributed by atoms with Gasteiger partial charge in [0.1, 0.15) is 0 Å². The van der Waals surface area contributed by atoms with Gasteiger partial charge in [0.2, 0.25) is 0 Å². The van der Waals surface area contributed by atoms with Crippen LogP contribution in [-0.4, -0.2) is 38.4 Å². The predicted octanol–water partition coefficient (Wildman–Crippen LogP) is 2.31. The molecule has 0 amide bonds. The summed E-state index contributed by atoms with van der Waals surface area (Å²) in [6, 6.07) is 2.08. The van der Waals surface area contributed by atoms with Crippen LogP contribution >= 0.6 is 0 Å². The zero-order valence-corrected chi connectivity index (χ0v) is 12.1. The third kappa shape index (κ3) is 3.94. The SMILES string of the molecule is COCCC(C)NC1CCCC1C1CCCCN1. The van der Waals surface area contributed by atoms with Crippen LogP contribution in [0.25, 0.3) is 0 Å². The topological polar surface area (TPSA) is 33.3 Å². The van der Waals surface area contributed by atoms with Crippen molar-refractivity contribution in [2.45, 2.75) is 70.0 Å². The Labute approximate surface area is 112 Å². The summed E-state index contributed by atoms with van der Waals surface area (Å²) >= 11 is 0. The second-order valence-corrected chi connectivity index (χ2v) is 6.11. The molecule has 2 aliphatic rings. The summed E-state index contributed by atoms with van der Waals surface area (Å²) < 4.78 is 5.17. The van der Waals surface area contributed by atoms with Crippen LogP contribution in [0.5, 0.6) is 0 Å². The quantitative estimate of drug-likeness (QED) is 0.763. The van der Waals surface area contributed by atoms with E-state index in [2.05, 4.69) is 17.6 Å². The van der Waals surface area contributed by atoms with Gasteiger partial charge in [0.05, 0.1) is 0 Å². The minimum Gasteiger partial charge on any atom is -0.385 e. The van der Waals surface area contributed by atoms with Gasteiger partial charge in [-0.2, -0.15) is 0 Å². The molecule has 1 aliphatic carbocycles. The number of piperidine rings is 1. The molecule has 1 aliphatic heterocycles. The summed E-state index contributed by atoms with van der Waals surface area (Å²) in [6.07, 6.45) is 9.46. The molecule has 1 saturated carbocycles. The van der Waals surface area contributed by atoms with E-state index in [1.54, 1.807) is 7.11 Å². The van der Waals surface area contributed by atoms with Crippen molar-refractivity contribution >= 4 is 0 Å². The number of methoxy groups -OCH3 is 1. The summed E-state index contributed by atoms with van der Waals surface area (Å²) in [5, 5.41) is 7.58. The maximum absolute atomic E-state index is 5.17. The first-order valence-corrected chi connectivity index (χ1v) is 7.79. The smallest absolute Gasteiger partial charge is 0.0476 e. The van der Waals surface area contributed by atoms with Gasteiger partial charge in [-0.3, -0.25) is 0 Å². The summed E-state index contributed by atoms with van der Waals surface area (Å²) in [6.45, 7) is 4.39. The molecule has 4 atom stereocenters. The fraction of sp³-hybridized carbons (Fsp3) is 1.00. The van der Waals surface area contributed by atoms with E-state index in [0.717, 1.165) is 31.0 Å². The molecule has 4 unspecified atom stereocenters. The number of nitrogens with one attached hydrogen (secondary N) is 2. The highest BCUT2D eigenvalue weighted by molar-refractivity contribution is 4.93. The van der Waals surface area contributed by atoms with Crippen molar-refractivity contribution < 1.29 is 4.74 Å². The molecule has 0 radical (unpaired) electrons. The lowest BCUT2D eigenvalue weighted by atomic mass is 9.88. The minimum atomic E-state index is 0.583. The van der Waals surface area contributed by atoms with Gasteiger partial charge >= 0.3 is 0 Å². The van der Waals surface area contributed by atoms with Crippen molar-refractivity contribution in [3.05, 3.63) is 0 Å². The first-order valence-electron chi connectivity index (χ1n) is 7.79. The van der Waals surface area contributed by atoms with Crippen molar-refractivity contribution in [3.63, 3.8) is 0 Å². The van der Waals surface area contributed by atoms with Gasteiger partial charge in [0, 0.05) is 31.8 Å². The van der Waals surface area contributed by atoms with Crippen molar-refractivity contribution in [1.29, 1.82) is 0 Å². The Hall–Kier alpha value is -0.120. The predicted molar refractivity (Wildman–Crippen MR) is 75.9 cm³/mol. The second-order valence-electron chi connectivity index (χ2n) is 6.11. The Morgan fingerprint density at radius 2 is 2.11 bits per heavy atom. The van der Waals surface area contributed by atoms with Crippen molar-refractivity contribution in [1.82, 2.24) is 10.6 Å². The van der Waals surface area contributed by atoms with Gasteiger partial charge in [-0.1, -0.05) is 12.8 Å². The molecule has 3 nitrogen and oxygen atoms in total. The number of ether oxygens (including phenoxy) is 1. The molecule has 18 heavy (non-hydrogen) atoms. The Morgan fingerprint density at radius 3 is 2.83 bits per heavy atom. The van der Waals surface area contributed by atoms with Crippen LogP contribution in [0.2, 0.25) is 0 Å². The van der Waals surface area contributed by atoms with E-state index < -0.39 is 0 Å². The summed E-state index contributed by atoms with van der Waals surface area (Å²) in [5.74, 6) is 0.857. The number of hydrogen-bond acceptors (Lipinski definition) is 3. The minimum absolute atomic E-state index is 0.583. The van der Waals surface area contributed by atoms with Gasteiger partial charge in [-0.05, 0) is 51.5 Å². The highest BCUT2D eigenvalue weighted by atomic mass is 16.5. The molecule has 1 heterocycles. The number of rotatable bonds is 6. The van der Waals surface area contributed by atoms with Crippen LogP contribution < -0.4 is 10.6 Å². The molecule has 2 rings (SSSR count). The third-order valence-corrected chi connectivity index (χ3v) is 4.69. The molecule has 2 N–H and O–H groups in total. The zero-order valence-electron chi connectivity index (χ0n) is 12.1. The first-order chi connectivity index (χ1) is 8.81. The average molecular weight is 254 g/mol. The molecular formula is C15H30N2O. The van der Waals surface area contributed by atoms with Crippen molar-refractivity contribution in [2.75, 3.05) is 20.3 Å². The molecular weight excluding hydrogens is 224 g/mol. The number of hydrogen-bond donors (Lipinski definition) is 2. The highest BCUT2D eigenvalue weighted by Gasteiger charge is 2.34. The average Bonchev–Trinajstić information content (AvgIpc) is 2.85. The molecule has 0 aromatic carbocycles. The Bertz CT molecular complexity index is 229. The van der Waals surface area contributed by atoms with E-state index in [9.17, 15) is 0 Å². The van der Waals surface area contributed by atoms with Crippen LogP contribution in [0.15, 0.2) is 0 Å². The fourth-order valence-corrected chi connectivity index (χ4v) is 3.66. The summed E-state index contributed by atoms with van der Waals surface area (Å²) in [5.41, 5.74) is 0. The van der Waals surface area contributed by atoms with Gasteiger partial charge < -0.3 is 15.4 Å². The Balaban J connectivity index is 1.79. The molecule has 0 bridgehead atoms. The van der Waals surface area contributed by atoms with Crippen LogP contribution in [-0.2, 0) is 4.74 Å². The van der Waals surface area contributed by atoms with E-state index in [1.165, 1.54) is 45.1 Å². The van der Waals surface area contributed by atoms with Gasteiger partial charge in [0.25, 0.3) is 0 Å². The highest BCUT2D eigenvalue weighted by Crippen LogP contribution is 2.32. The van der Waals surface area contributed by atoms with E-state index in [4.69, 9.17) is 4.74 Å². The third-order valence-electron chi connectivity index (χ3n) is 4.69. The summed E-state index contributed by atoms with van der Waals surface area (Å²) in [7, 11) is 1.79.